The first-order chi connectivity index (χ1) is 13.9. The molecule has 0 aliphatic carbocycles. The van der Waals surface area contributed by atoms with E-state index >= 15 is 0 Å². The molecule has 2 aromatic carbocycles. The van der Waals surface area contributed by atoms with Crippen molar-refractivity contribution in [3.05, 3.63) is 77.8 Å². The van der Waals surface area contributed by atoms with Crippen LogP contribution in [0.15, 0.2) is 46.2 Å². The van der Waals surface area contributed by atoms with E-state index in [1.54, 1.807) is 4.57 Å². The number of anilines is 2. The Bertz CT molecular complexity index is 1370. The van der Waals surface area contributed by atoms with Crippen LogP contribution in [0.5, 0.6) is 0 Å². The van der Waals surface area contributed by atoms with Crippen molar-refractivity contribution in [1.29, 1.82) is 0 Å². The Hall–Kier alpha value is -2.90. The number of hydrogen-bond donors (Lipinski definition) is 1. The van der Waals surface area contributed by atoms with Crippen molar-refractivity contribution in [2.45, 2.75) is 20.5 Å². The molecule has 6 nitrogen and oxygen atoms in total. The van der Waals surface area contributed by atoms with Gasteiger partial charge in [0.05, 0.1) is 5.57 Å². The van der Waals surface area contributed by atoms with Crippen LogP contribution in [0.1, 0.15) is 16.7 Å². The van der Waals surface area contributed by atoms with Crippen LogP contribution < -0.4 is 25.1 Å². The highest BCUT2D eigenvalue weighted by atomic mass is 35.5. The van der Waals surface area contributed by atoms with E-state index in [1.165, 1.54) is 11.3 Å². The molecule has 1 N–H and O–H groups in total. The van der Waals surface area contributed by atoms with Crippen LogP contribution in [0.25, 0.3) is 5.57 Å². The number of nitrogens with zero attached hydrogens (tertiary/aromatic N) is 3. The second kappa shape index (κ2) is 6.57. The minimum absolute atomic E-state index is 0.198. The van der Waals surface area contributed by atoms with Crippen LogP contribution >= 0.6 is 22.9 Å². The average molecular weight is 425 g/mol. The van der Waals surface area contributed by atoms with Crippen molar-refractivity contribution in [3.63, 3.8) is 0 Å². The van der Waals surface area contributed by atoms with Crippen LogP contribution in [0, 0.1) is 13.8 Å². The topological polar surface area (TPSA) is 66.7 Å². The predicted octanol–water partition coefficient (Wildman–Crippen LogP) is 2.39. The Balaban J connectivity index is 1.64. The monoisotopic (exact) mass is 424 g/mol. The van der Waals surface area contributed by atoms with Crippen molar-refractivity contribution in [2.24, 2.45) is 4.99 Å². The maximum atomic E-state index is 13.2. The minimum Gasteiger partial charge on any atom is -0.334 e. The van der Waals surface area contributed by atoms with Gasteiger partial charge in [-0.05, 0) is 43.7 Å². The molecule has 3 aromatic rings. The summed E-state index contributed by atoms with van der Waals surface area (Å²) in [6, 6.07) is 11.5. The highest BCUT2D eigenvalue weighted by Crippen LogP contribution is 2.30. The molecule has 29 heavy (non-hydrogen) atoms. The van der Waals surface area contributed by atoms with Crippen LogP contribution in [0.3, 0.4) is 0 Å². The number of amides is 1. The zero-order chi connectivity index (χ0) is 20.3. The summed E-state index contributed by atoms with van der Waals surface area (Å²) in [5.41, 5.74) is 4.68. The summed E-state index contributed by atoms with van der Waals surface area (Å²) in [5.74, 6) is -0.246. The molecule has 0 atom stereocenters. The Morgan fingerprint density at radius 2 is 1.97 bits per heavy atom. The van der Waals surface area contributed by atoms with Crippen molar-refractivity contribution >= 4 is 45.8 Å². The number of carbonyl (C=O) groups excluding carboxylic acids is 1. The number of nitrogens with one attached hydrogen (secondary N) is 1. The molecule has 3 heterocycles. The van der Waals surface area contributed by atoms with Gasteiger partial charge in [0.15, 0.2) is 4.80 Å². The van der Waals surface area contributed by atoms with Crippen molar-refractivity contribution < 1.29 is 4.79 Å². The number of hydrogen-bond acceptors (Lipinski definition) is 5. The molecule has 2 aliphatic heterocycles. The fourth-order valence-corrected chi connectivity index (χ4v) is 4.84. The lowest BCUT2D eigenvalue weighted by molar-refractivity contribution is -0.110. The summed E-state index contributed by atoms with van der Waals surface area (Å²) in [6.45, 7) is 4.70. The summed E-state index contributed by atoms with van der Waals surface area (Å²) in [7, 11) is 0. The van der Waals surface area contributed by atoms with Gasteiger partial charge in [-0.1, -0.05) is 40.6 Å². The van der Waals surface area contributed by atoms with E-state index in [0.29, 0.717) is 33.3 Å². The first-order valence-corrected chi connectivity index (χ1v) is 10.3. The lowest BCUT2D eigenvalue weighted by Crippen LogP contribution is -2.43. The summed E-state index contributed by atoms with van der Waals surface area (Å²) in [4.78, 5) is 33.0. The number of fused-ring (bicyclic) bond motifs is 2. The van der Waals surface area contributed by atoms with Gasteiger partial charge in [-0.15, -0.1) is 0 Å². The number of benzene rings is 2. The fraction of sp³-hybridized carbons (Fsp3) is 0.190. The SMILES string of the molecule is Cc1ccc2c(c1)C(=c1sc3n(c1=O)CN(c1ccc(C)c(Cl)c1)CN=3)C(=O)N2. The standard InChI is InChI=1S/C21H17ClN4O2S/c1-11-3-6-16-14(7-11)17(19(27)24-16)18-20(28)26-10-25(9-23-21(26)29-18)13-5-4-12(2)15(22)8-13/h3-8H,9-10H2,1-2H3,(H,24,27). The Kier molecular flexibility index (Phi) is 4.11. The number of carbonyl (C=O) groups is 1. The van der Waals surface area contributed by atoms with Crippen LogP contribution in [0.2, 0.25) is 5.02 Å². The first-order valence-electron chi connectivity index (χ1n) is 9.14. The quantitative estimate of drug-likeness (QED) is 0.652. The Labute approximate surface area is 175 Å². The van der Waals surface area contributed by atoms with E-state index < -0.39 is 0 Å². The normalized spacial score (nSPS) is 16.9. The fourth-order valence-electron chi connectivity index (χ4n) is 3.61. The third kappa shape index (κ3) is 2.89. The second-order valence-electron chi connectivity index (χ2n) is 7.24. The summed E-state index contributed by atoms with van der Waals surface area (Å²) < 4.78 is 2.04. The largest absolute Gasteiger partial charge is 0.334 e. The minimum atomic E-state index is -0.246. The zero-order valence-corrected chi connectivity index (χ0v) is 17.4. The molecular formula is C21H17ClN4O2S. The first kappa shape index (κ1) is 18.1. The van der Waals surface area contributed by atoms with Gasteiger partial charge in [0.2, 0.25) is 0 Å². The van der Waals surface area contributed by atoms with Gasteiger partial charge in [-0.3, -0.25) is 14.2 Å². The number of aryl methyl sites for hydroxylation is 2. The maximum absolute atomic E-state index is 13.2. The van der Waals surface area contributed by atoms with Gasteiger partial charge in [-0.2, -0.15) is 0 Å². The van der Waals surface area contributed by atoms with Gasteiger partial charge in [0.1, 0.15) is 17.9 Å². The number of thiazole rings is 1. The molecule has 5 rings (SSSR count). The summed E-state index contributed by atoms with van der Waals surface area (Å²) in [6.07, 6.45) is 0. The molecule has 0 saturated carbocycles. The summed E-state index contributed by atoms with van der Waals surface area (Å²) in [5, 5.41) is 3.53. The lowest BCUT2D eigenvalue weighted by atomic mass is 10.1. The van der Waals surface area contributed by atoms with Gasteiger partial charge in [-0.25, -0.2) is 4.99 Å². The van der Waals surface area contributed by atoms with Crippen LogP contribution in [0.4, 0.5) is 11.4 Å². The van der Waals surface area contributed by atoms with E-state index in [9.17, 15) is 9.59 Å². The van der Waals surface area contributed by atoms with Crippen LogP contribution in [-0.2, 0) is 11.5 Å². The van der Waals surface area contributed by atoms with E-state index in [-0.39, 0.29) is 11.5 Å². The molecule has 0 spiro atoms. The third-order valence-corrected chi connectivity index (χ3v) is 6.74. The van der Waals surface area contributed by atoms with Gasteiger partial charge < -0.3 is 10.2 Å². The molecule has 2 aliphatic rings. The van der Waals surface area contributed by atoms with Gasteiger partial charge >= 0.3 is 0 Å². The summed E-state index contributed by atoms with van der Waals surface area (Å²) >= 11 is 7.53. The third-order valence-electron chi connectivity index (χ3n) is 5.22. The van der Waals surface area contributed by atoms with E-state index in [2.05, 4.69) is 10.3 Å². The molecule has 0 bridgehead atoms. The lowest BCUT2D eigenvalue weighted by Gasteiger charge is -2.26. The molecule has 0 saturated heterocycles. The van der Waals surface area contributed by atoms with Crippen molar-refractivity contribution in [2.75, 3.05) is 16.9 Å². The molecule has 0 unspecified atom stereocenters. The number of halogens is 1. The van der Waals surface area contributed by atoms with E-state index in [4.69, 9.17) is 11.6 Å². The number of rotatable bonds is 1. The Morgan fingerprint density at radius 1 is 1.14 bits per heavy atom. The maximum Gasteiger partial charge on any atom is 0.272 e. The van der Waals surface area contributed by atoms with Gasteiger partial charge in [0, 0.05) is 22.0 Å². The Morgan fingerprint density at radius 3 is 2.76 bits per heavy atom. The molecule has 0 radical (unpaired) electrons. The molecule has 146 valence electrons. The smallest absolute Gasteiger partial charge is 0.272 e. The number of aromatic nitrogens is 1. The molecule has 0 fully saturated rings. The molecular weight excluding hydrogens is 408 g/mol. The van der Waals surface area contributed by atoms with Crippen LogP contribution in [-0.4, -0.2) is 17.1 Å². The highest BCUT2D eigenvalue weighted by molar-refractivity contribution is 7.07. The second-order valence-corrected chi connectivity index (χ2v) is 8.62. The predicted molar refractivity (Wildman–Crippen MR) is 115 cm³/mol. The van der Waals surface area contributed by atoms with E-state index in [0.717, 1.165) is 28.1 Å². The molecule has 1 aromatic heterocycles. The molecule has 1 amide bonds. The average Bonchev–Trinajstić information content (AvgIpc) is 3.19. The van der Waals surface area contributed by atoms with Gasteiger partial charge in [0.25, 0.3) is 11.5 Å². The van der Waals surface area contributed by atoms with Crippen molar-refractivity contribution in [3.8, 4) is 0 Å². The zero-order valence-electron chi connectivity index (χ0n) is 15.8. The van der Waals surface area contributed by atoms with Crippen molar-refractivity contribution in [1.82, 2.24) is 4.57 Å². The molecule has 8 heteroatoms. The highest BCUT2D eigenvalue weighted by Gasteiger charge is 2.28. The van der Waals surface area contributed by atoms with E-state index in [1.807, 2.05) is 55.1 Å².